The number of carbonyl (C=O) groups is 2. The van der Waals surface area contributed by atoms with E-state index in [1.54, 1.807) is 32.0 Å². The number of benzene rings is 1. The fourth-order valence-electron chi connectivity index (χ4n) is 3.52. The van der Waals surface area contributed by atoms with Crippen LogP contribution in [0.15, 0.2) is 47.4 Å². The number of para-hydroxylation sites is 1. The normalized spacial score (nSPS) is 21.5. The van der Waals surface area contributed by atoms with Gasteiger partial charge in [-0.15, -0.1) is 0 Å². The van der Waals surface area contributed by atoms with E-state index in [9.17, 15) is 18.9 Å². The molecule has 3 rings (SSSR count). The molecule has 1 amide bonds. The first-order valence-electron chi connectivity index (χ1n) is 12.1. The van der Waals surface area contributed by atoms with Gasteiger partial charge in [0.15, 0.2) is 0 Å². The van der Waals surface area contributed by atoms with Gasteiger partial charge in [-0.1, -0.05) is 18.2 Å². The topological polar surface area (TPSA) is 185 Å². The lowest BCUT2D eigenvalue weighted by atomic mass is 10.1. The van der Waals surface area contributed by atoms with Crippen LogP contribution < -0.4 is 31.7 Å². The molecule has 5 N–H and O–H groups in total. The maximum absolute atomic E-state index is 15.1. The number of aromatic nitrogens is 2. The van der Waals surface area contributed by atoms with Crippen molar-refractivity contribution in [1.82, 2.24) is 20.0 Å². The van der Waals surface area contributed by atoms with E-state index in [0.717, 1.165) is 12.3 Å². The molecule has 1 aromatic heterocycles. The van der Waals surface area contributed by atoms with E-state index in [0.29, 0.717) is 4.57 Å². The molecule has 0 spiro atoms. The summed E-state index contributed by atoms with van der Waals surface area (Å²) in [6.07, 6.45) is -3.20. The molecule has 1 fully saturated rings. The summed E-state index contributed by atoms with van der Waals surface area (Å²) >= 11 is 0. The summed E-state index contributed by atoms with van der Waals surface area (Å²) in [5, 5.41) is 7.29. The Morgan fingerprint density at radius 3 is 2.55 bits per heavy atom. The molecule has 220 valence electrons. The van der Waals surface area contributed by atoms with Crippen LogP contribution in [0.5, 0.6) is 5.75 Å². The van der Waals surface area contributed by atoms with Gasteiger partial charge in [-0.3, -0.25) is 18.7 Å². The molecule has 40 heavy (non-hydrogen) atoms. The van der Waals surface area contributed by atoms with Crippen LogP contribution in [0.3, 0.4) is 0 Å². The number of anilines is 1. The highest BCUT2D eigenvalue weighted by Crippen LogP contribution is 2.47. The predicted molar refractivity (Wildman–Crippen MR) is 138 cm³/mol. The minimum absolute atomic E-state index is 0.0588. The first-order valence-corrected chi connectivity index (χ1v) is 13.6. The molecular formula is C23H31F2N6O8P. The summed E-state index contributed by atoms with van der Waals surface area (Å²) in [5.74, 6) is -5.08. The van der Waals surface area contributed by atoms with E-state index >= 15 is 8.78 Å². The zero-order valence-electron chi connectivity index (χ0n) is 21.9. The third-order valence-corrected chi connectivity index (χ3v) is 6.81. The molecule has 0 saturated carbocycles. The zero-order valence-corrected chi connectivity index (χ0v) is 22.8. The number of esters is 1. The minimum atomic E-state index is -4.34. The van der Waals surface area contributed by atoms with Crippen LogP contribution >= 0.6 is 7.75 Å². The lowest BCUT2D eigenvalue weighted by molar-refractivity contribution is -0.146. The average Bonchev–Trinajstić information content (AvgIpc) is 3.10. The zero-order chi connectivity index (χ0) is 29.5. The van der Waals surface area contributed by atoms with Gasteiger partial charge in [0.25, 0.3) is 0 Å². The number of ether oxygens (including phenoxy) is 2. The van der Waals surface area contributed by atoms with E-state index < -0.39 is 68.9 Å². The number of nitrogens with one attached hydrogen (secondary N) is 3. The Balaban J connectivity index is 1.74. The molecule has 1 aromatic carbocycles. The van der Waals surface area contributed by atoms with Gasteiger partial charge in [-0.05, 0) is 39.1 Å². The van der Waals surface area contributed by atoms with Crippen LogP contribution in [0.1, 0.15) is 20.1 Å². The molecule has 17 heteroatoms. The highest BCUT2D eigenvalue weighted by Gasteiger charge is 2.59. The van der Waals surface area contributed by atoms with Crippen LogP contribution in [0, 0.1) is 0 Å². The molecule has 1 aliphatic rings. The molecule has 2 aromatic rings. The Hall–Kier alpha value is -3.27. The summed E-state index contributed by atoms with van der Waals surface area (Å²) in [5.41, 5.74) is 4.61. The smallest absolute Gasteiger partial charge is 0.459 e. The number of rotatable bonds is 13. The van der Waals surface area contributed by atoms with Gasteiger partial charge < -0.3 is 30.4 Å². The molecule has 0 bridgehead atoms. The predicted octanol–water partition coefficient (Wildman–Crippen LogP) is 1.01. The van der Waals surface area contributed by atoms with E-state index in [1.807, 2.05) is 0 Å². The number of alkyl halides is 2. The quantitative estimate of drug-likeness (QED) is 0.193. The Labute approximate surface area is 228 Å². The first kappa shape index (κ1) is 31.3. The van der Waals surface area contributed by atoms with E-state index in [2.05, 4.69) is 20.7 Å². The Kier molecular flexibility index (Phi) is 10.5. The van der Waals surface area contributed by atoms with Crippen LogP contribution in [0.25, 0.3) is 0 Å². The van der Waals surface area contributed by atoms with E-state index in [1.165, 1.54) is 19.2 Å². The van der Waals surface area contributed by atoms with Crippen molar-refractivity contribution in [1.29, 1.82) is 0 Å². The van der Waals surface area contributed by atoms with Gasteiger partial charge in [0, 0.05) is 6.20 Å². The van der Waals surface area contributed by atoms with Crippen molar-refractivity contribution >= 4 is 25.4 Å². The van der Waals surface area contributed by atoms with E-state index in [4.69, 9.17) is 24.3 Å². The minimum Gasteiger partial charge on any atom is -0.462 e. The third-order valence-electron chi connectivity index (χ3n) is 5.33. The molecule has 1 saturated heterocycles. The summed E-state index contributed by atoms with van der Waals surface area (Å²) < 4.78 is 65.3. The standard InChI is InChI=1S/C23H31F2N6O8P/c1-14(2)37-19(33)12-28-40(35,39-15-7-5-4-6-8-15)36-13-16-20(26)23(24,25)21(38-16)31-10-9-17(30-22(31)34)29-18(32)11-27-3/h4-10,14,16,20-21,27H,11-13,26H2,1-3H3,(H,28,35)(H,29,30,32,34)/t16?,20-,21?,40?/m1/s1. The fourth-order valence-corrected chi connectivity index (χ4v) is 4.79. The molecular weight excluding hydrogens is 557 g/mol. The van der Waals surface area contributed by atoms with Crippen molar-refractivity contribution < 1.29 is 41.5 Å². The van der Waals surface area contributed by atoms with Crippen LogP contribution in [0.4, 0.5) is 14.6 Å². The second-order valence-corrected chi connectivity index (χ2v) is 10.6. The summed E-state index contributed by atoms with van der Waals surface area (Å²) in [7, 11) is -2.80. The number of nitrogens with zero attached hydrogens (tertiary/aromatic N) is 2. The number of amides is 1. The molecule has 3 unspecified atom stereocenters. The number of hydrogen-bond donors (Lipinski definition) is 4. The van der Waals surface area contributed by atoms with Gasteiger partial charge in [0.05, 0.1) is 19.3 Å². The number of halogens is 2. The monoisotopic (exact) mass is 588 g/mol. The van der Waals surface area contributed by atoms with Gasteiger partial charge in [-0.2, -0.15) is 13.8 Å². The second-order valence-electron chi connectivity index (χ2n) is 8.88. The molecule has 1 aliphatic heterocycles. The number of nitrogens with two attached hydrogens (primary N) is 1. The van der Waals surface area contributed by atoms with Gasteiger partial charge >= 0.3 is 25.3 Å². The average molecular weight is 589 g/mol. The largest absolute Gasteiger partial charge is 0.462 e. The second kappa shape index (κ2) is 13.4. The van der Waals surface area contributed by atoms with Crippen molar-refractivity contribution in [2.75, 3.05) is 32.1 Å². The van der Waals surface area contributed by atoms with Crippen molar-refractivity contribution in [2.45, 2.75) is 44.2 Å². The molecule has 2 heterocycles. The highest BCUT2D eigenvalue weighted by atomic mass is 31.2. The maximum atomic E-state index is 15.1. The lowest BCUT2D eigenvalue weighted by Crippen LogP contribution is -2.47. The summed E-state index contributed by atoms with van der Waals surface area (Å²) in [6, 6.07) is 6.96. The first-order chi connectivity index (χ1) is 18.8. The number of likely N-dealkylation sites (N-methyl/N-ethyl adjacent to an activating group) is 1. The van der Waals surface area contributed by atoms with Gasteiger partial charge in [0.1, 0.15) is 30.3 Å². The number of carbonyl (C=O) groups excluding carboxylic acids is 2. The highest BCUT2D eigenvalue weighted by molar-refractivity contribution is 7.52. The molecule has 14 nitrogen and oxygen atoms in total. The van der Waals surface area contributed by atoms with Crippen molar-refractivity contribution in [3.05, 3.63) is 53.1 Å². The van der Waals surface area contributed by atoms with Crippen LogP contribution in [0.2, 0.25) is 0 Å². The van der Waals surface area contributed by atoms with E-state index in [-0.39, 0.29) is 18.1 Å². The molecule has 4 atom stereocenters. The summed E-state index contributed by atoms with van der Waals surface area (Å²) in [6.45, 7) is 1.86. The fraction of sp³-hybridized carbons (Fsp3) is 0.478. The SMILES string of the molecule is CNCC(=O)Nc1ccn(C2OC(COP(=O)(NCC(=O)OC(C)C)Oc3ccccc3)[C@@H](N)C2(F)F)c(=O)n1. The number of hydrogen-bond acceptors (Lipinski definition) is 11. The van der Waals surface area contributed by atoms with Gasteiger partial charge in [0.2, 0.25) is 12.1 Å². The maximum Gasteiger partial charge on any atom is 0.459 e. The van der Waals surface area contributed by atoms with Crippen molar-refractivity contribution in [2.24, 2.45) is 5.73 Å². The van der Waals surface area contributed by atoms with Crippen LogP contribution in [-0.2, 0) is 28.2 Å². The third kappa shape index (κ3) is 8.13. The van der Waals surface area contributed by atoms with Crippen molar-refractivity contribution in [3.8, 4) is 5.75 Å². The Bertz CT molecular complexity index is 1280. The summed E-state index contributed by atoms with van der Waals surface area (Å²) in [4.78, 5) is 39.8. The van der Waals surface area contributed by atoms with Crippen molar-refractivity contribution in [3.63, 3.8) is 0 Å². The van der Waals surface area contributed by atoms with Gasteiger partial charge in [-0.25, -0.2) is 14.4 Å². The molecule has 0 aliphatic carbocycles. The Morgan fingerprint density at radius 2 is 1.93 bits per heavy atom. The molecule has 0 radical (unpaired) electrons. The lowest BCUT2D eigenvalue weighted by Gasteiger charge is -2.23. The van der Waals surface area contributed by atoms with Crippen LogP contribution in [-0.4, -0.2) is 72.3 Å². The Morgan fingerprint density at radius 1 is 1.23 bits per heavy atom.